The highest BCUT2D eigenvalue weighted by Crippen LogP contribution is 2.19. The fraction of sp³-hybridized carbons (Fsp3) is 0.615. The molecule has 5 nitrogen and oxygen atoms in total. The Morgan fingerprint density at radius 2 is 2.11 bits per heavy atom. The van der Waals surface area contributed by atoms with Gasteiger partial charge in [0.15, 0.2) is 0 Å². The van der Waals surface area contributed by atoms with Gasteiger partial charge < -0.3 is 15.4 Å². The molecule has 100 valence electrons. The molecule has 1 fully saturated rings. The molecular formula is C13H22N4O. The first-order valence-corrected chi connectivity index (χ1v) is 6.51. The van der Waals surface area contributed by atoms with Crippen molar-refractivity contribution in [2.24, 2.45) is 5.73 Å². The van der Waals surface area contributed by atoms with Crippen LogP contribution in [0.5, 0.6) is 5.88 Å². The first-order chi connectivity index (χ1) is 8.83. The number of rotatable bonds is 5. The molecule has 0 atom stereocenters. The SMILES string of the molecule is COc1cc(N2CCN(CCCN)CC2)ccn1. The summed E-state index contributed by atoms with van der Waals surface area (Å²) in [6.07, 6.45) is 2.89. The molecule has 2 rings (SSSR count). The van der Waals surface area contributed by atoms with Gasteiger partial charge in [-0.1, -0.05) is 0 Å². The van der Waals surface area contributed by atoms with E-state index in [1.54, 1.807) is 13.3 Å². The average molecular weight is 250 g/mol. The lowest BCUT2D eigenvalue weighted by Crippen LogP contribution is -2.46. The third-order valence-corrected chi connectivity index (χ3v) is 3.34. The molecule has 1 aromatic rings. The Labute approximate surface area is 109 Å². The van der Waals surface area contributed by atoms with Gasteiger partial charge in [-0.25, -0.2) is 4.98 Å². The second-order valence-corrected chi connectivity index (χ2v) is 4.53. The minimum Gasteiger partial charge on any atom is -0.481 e. The summed E-state index contributed by atoms with van der Waals surface area (Å²) in [5, 5.41) is 0. The van der Waals surface area contributed by atoms with Crippen molar-refractivity contribution < 1.29 is 4.74 Å². The van der Waals surface area contributed by atoms with E-state index in [2.05, 4.69) is 14.8 Å². The molecular weight excluding hydrogens is 228 g/mol. The molecule has 0 unspecified atom stereocenters. The average Bonchev–Trinajstić information content (AvgIpc) is 2.46. The summed E-state index contributed by atoms with van der Waals surface area (Å²) in [6.45, 7) is 6.20. The van der Waals surface area contributed by atoms with Crippen LogP contribution in [0.4, 0.5) is 5.69 Å². The normalized spacial score (nSPS) is 16.9. The highest BCUT2D eigenvalue weighted by molar-refractivity contribution is 5.48. The van der Waals surface area contributed by atoms with E-state index in [0.717, 1.165) is 45.7 Å². The molecule has 18 heavy (non-hydrogen) atoms. The molecule has 0 aromatic carbocycles. The van der Waals surface area contributed by atoms with Gasteiger partial charge in [-0.15, -0.1) is 0 Å². The van der Waals surface area contributed by atoms with Gasteiger partial charge in [0.25, 0.3) is 0 Å². The molecule has 2 heterocycles. The molecule has 0 saturated carbocycles. The van der Waals surface area contributed by atoms with Gasteiger partial charge in [-0.05, 0) is 25.6 Å². The molecule has 0 bridgehead atoms. The lowest BCUT2D eigenvalue weighted by Gasteiger charge is -2.36. The van der Waals surface area contributed by atoms with E-state index in [9.17, 15) is 0 Å². The van der Waals surface area contributed by atoms with Crippen LogP contribution in [0, 0.1) is 0 Å². The van der Waals surface area contributed by atoms with Crippen molar-refractivity contribution in [2.45, 2.75) is 6.42 Å². The molecule has 0 radical (unpaired) electrons. The summed E-state index contributed by atoms with van der Waals surface area (Å²) >= 11 is 0. The first kappa shape index (κ1) is 13.1. The summed E-state index contributed by atoms with van der Waals surface area (Å²) in [5.41, 5.74) is 6.73. The number of piperazine rings is 1. The van der Waals surface area contributed by atoms with Crippen LogP contribution in [0.15, 0.2) is 18.3 Å². The van der Waals surface area contributed by atoms with Gasteiger partial charge in [0.1, 0.15) is 0 Å². The van der Waals surface area contributed by atoms with Crippen LogP contribution in [0.2, 0.25) is 0 Å². The zero-order chi connectivity index (χ0) is 12.8. The van der Waals surface area contributed by atoms with E-state index in [1.165, 1.54) is 5.69 Å². The van der Waals surface area contributed by atoms with Crippen LogP contribution in [-0.2, 0) is 0 Å². The van der Waals surface area contributed by atoms with Crippen LogP contribution in [0.1, 0.15) is 6.42 Å². The van der Waals surface area contributed by atoms with E-state index >= 15 is 0 Å². The van der Waals surface area contributed by atoms with Gasteiger partial charge in [0.05, 0.1) is 7.11 Å². The van der Waals surface area contributed by atoms with Crippen molar-refractivity contribution >= 4 is 5.69 Å². The van der Waals surface area contributed by atoms with Crippen molar-refractivity contribution in [2.75, 3.05) is 51.3 Å². The van der Waals surface area contributed by atoms with Crippen molar-refractivity contribution in [1.82, 2.24) is 9.88 Å². The monoisotopic (exact) mass is 250 g/mol. The predicted molar refractivity (Wildman–Crippen MR) is 73.1 cm³/mol. The Morgan fingerprint density at radius 1 is 1.33 bits per heavy atom. The van der Waals surface area contributed by atoms with Crippen molar-refractivity contribution in [3.63, 3.8) is 0 Å². The summed E-state index contributed by atoms with van der Waals surface area (Å²) in [5.74, 6) is 0.679. The summed E-state index contributed by atoms with van der Waals surface area (Å²) < 4.78 is 5.16. The fourth-order valence-electron chi connectivity index (χ4n) is 2.25. The molecule has 1 aromatic heterocycles. The fourth-order valence-corrected chi connectivity index (χ4v) is 2.25. The van der Waals surface area contributed by atoms with Gasteiger partial charge >= 0.3 is 0 Å². The van der Waals surface area contributed by atoms with Crippen LogP contribution < -0.4 is 15.4 Å². The molecule has 1 aliphatic rings. The second kappa shape index (κ2) is 6.56. The second-order valence-electron chi connectivity index (χ2n) is 4.53. The molecule has 0 spiro atoms. The van der Waals surface area contributed by atoms with E-state index in [1.807, 2.05) is 12.1 Å². The van der Waals surface area contributed by atoms with Crippen LogP contribution >= 0.6 is 0 Å². The first-order valence-electron chi connectivity index (χ1n) is 6.51. The van der Waals surface area contributed by atoms with Crippen molar-refractivity contribution in [3.05, 3.63) is 18.3 Å². The van der Waals surface area contributed by atoms with Crippen molar-refractivity contribution in [1.29, 1.82) is 0 Å². The Hall–Kier alpha value is -1.33. The summed E-state index contributed by atoms with van der Waals surface area (Å²) in [6, 6.07) is 4.04. The Balaban J connectivity index is 1.88. The number of methoxy groups -OCH3 is 1. The lowest BCUT2D eigenvalue weighted by molar-refractivity contribution is 0.256. The number of nitrogens with zero attached hydrogens (tertiary/aromatic N) is 3. The molecule has 5 heteroatoms. The van der Waals surface area contributed by atoms with E-state index in [-0.39, 0.29) is 0 Å². The maximum atomic E-state index is 5.54. The van der Waals surface area contributed by atoms with Gasteiger partial charge in [0.2, 0.25) is 5.88 Å². The standard InChI is InChI=1S/C13H22N4O/c1-18-13-11-12(3-5-15-13)17-9-7-16(8-10-17)6-2-4-14/h3,5,11H,2,4,6-10,14H2,1H3. The smallest absolute Gasteiger partial charge is 0.214 e. The van der Waals surface area contributed by atoms with Gasteiger partial charge in [-0.3, -0.25) is 4.90 Å². The molecule has 1 aliphatic heterocycles. The quantitative estimate of drug-likeness (QED) is 0.827. The third-order valence-electron chi connectivity index (χ3n) is 3.34. The van der Waals surface area contributed by atoms with Crippen LogP contribution in [0.25, 0.3) is 0 Å². The van der Waals surface area contributed by atoms with E-state index in [0.29, 0.717) is 5.88 Å². The maximum Gasteiger partial charge on any atom is 0.214 e. The third kappa shape index (κ3) is 3.34. The highest BCUT2D eigenvalue weighted by atomic mass is 16.5. The maximum absolute atomic E-state index is 5.54. The lowest BCUT2D eigenvalue weighted by atomic mass is 10.2. The molecule has 1 saturated heterocycles. The Morgan fingerprint density at radius 3 is 2.78 bits per heavy atom. The number of anilines is 1. The number of nitrogens with two attached hydrogens (primary N) is 1. The van der Waals surface area contributed by atoms with Crippen LogP contribution in [-0.4, -0.2) is 56.3 Å². The largest absolute Gasteiger partial charge is 0.481 e. The minimum absolute atomic E-state index is 0.679. The summed E-state index contributed by atoms with van der Waals surface area (Å²) in [7, 11) is 1.65. The Bertz CT molecular complexity index is 364. The minimum atomic E-state index is 0.679. The highest BCUT2D eigenvalue weighted by Gasteiger charge is 2.16. The number of hydrogen-bond donors (Lipinski definition) is 1. The molecule has 0 amide bonds. The van der Waals surface area contributed by atoms with Gasteiger partial charge in [0, 0.05) is 44.1 Å². The predicted octanol–water partition coefficient (Wildman–Crippen LogP) is 0.561. The van der Waals surface area contributed by atoms with E-state index < -0.39 is 0 Å². The van der Waals surface area contributed by atoms with E-state index in [4.69, 9.17) is 10.5 Å². The molecule has 2 N–H and O–H groups in total. The van der Waals surface area contributed by atoms with Gasteiger partial charge in [-0.2, -0.15) is 0 Å². The van der Waals surface area contributed by atoms with Crippen LogP contribution in [0.3, 0.4) is 0 Å². The topological polar surface area (TPSA) is 54.6 Å². The number of ether oxygens (including phenoxy) is 1. The number of hydrogen-bond acceptors (Lipinski definition) is 5. The number of aromatic nitrogens is 1. The zero-order valence-electron chi connectivity index (χ0n) is 11.0. The zero-order valence-corrected chi connectivity index (χ0v) is 11.0. The molecule has 0 aliphatic carbocycles. The summed E-state index contributed by atoms with van der Waals surface area (Å²) in [4.78, 5) is 8.99. The Kier molecular flexibility index (Phi) is 4.78. The van der Waals surface area contributed by atoms with Crippen molar-refractivity contribution in [3.8, 4) is 5.88 Å². The number of pyridine rings is 1.